The molecule has 0 saturated heterocycles. The van der Waals surface area contributed by atoms with Crippen molar-refractivity contribution in [3.05, 3.63) is 54.6 Å². The van der Waals surface area contributed by atoms with Crippen LogP contribution in [0.25, 0.3) is 0 Å². The van der Waals surface area contributed by atoms with Crippen LogP contribution in [0.3, 0.4) is 0 Å². The Morgan fingerprint density at radius 3 is 2.62 bits per heavy atom. The zero-order chi connectivity index (χ0) is 11.7. The molecular weight excluding hydrogens is 350 g/mol. The number of aryl methyl sites for hydroxylation is 1. The Morgan fingerprint density at radius 1 is 1.25 bits per heavy atom. The summed E-state index contributed by atoms with van der Waals surface area (Å²) in [5.74, 6) is 0. The van der Waals surface area contributed by atoms with E-state index in [0.717, 1.165) is 20.1 Å². The minimum absolute atomic E-state index is 0.0717. The average molecular weight is 361 g/mol. The Hall–Kier alpha value is -0.160. The minimum atomic E-state index is -0.0717. The highest BCUT2D eigenvalue weighted by Gasteiger charge is 2.14. The van der Waals surface area contributed by atoms with Crippen LogP contribution in [-0.4, -0.2) is 0 Å². The van der Waals surface area contributed by atoms with Gasteiger partial charge < -0.3 is 5.73 Å². The Morgan fingerprint density at radius 2 is 2.00 bits per heavy atom. The number of hydrogen-bond donors (Lipinski definition) is 1. The van der Waals surface area contributed by atoms with Crippen LogP contribution >= 0.6 is 43.2 Å². The minimum Gasteiger partial charge on any atom is -0.320 e. The molecule has 0 bridgehead atoms. The monoisotopic (exact) mass is 359 g/mol. The first-order valence-electron chi connectivity index (χ1n) is 4.83. The zero-order valence-corrected chi connectivity index (χ0v) is 12.7. The van der Waals surface area contributed by atoms with Gasteiger partial charge in [-0.1, -0.05) is 31.9 Å². The number of hydrogen-bond acceptors (Lipinski definition) is 2. The van der Waals surface area contributed by atoms with Crippen molar-refractivity contribution >= 4 is 43.2 Å². The smallest absolute Gasteiger partial charge is 0.0571 e. The van der Waals surface area contributed by atoms with Crippen LogP contribution in [0.4, 0.5) is 0 Å². The average Bonchev–Trinajstić information content (AvgIpc) is 2.75. The Kier molecular flexibility index (Phi) is 3.85. The molecule has 2 aromatic rings. The fourth-order valence-corrected chi connectivity index (χ4v) is 3.29. The Bertz CT molecular complexity index is 494. The van der Waals surface area contributed by atoms with Gasteiger partial charge in [-0.05, 0) is 52.6 Å². The first-order valence-corrected chi connectivity index (χ1v) is 7.35. The summed E-state index contributed by atoms with van der Waals surface area (Å²) in [5, 5.41) is 4.14. The van der Waals surface area contributed by atoms with Crippen LogP contribution in [-0.2, 0) is 0 Å². The fraction of sp³-hybridized carbons (Fsp3) is 0.167. The first kappa shape index (κ1) is 12.3. The van der Waals surface area contributed by atoms with Gasteiger partial charge in [-0.15, -0.1) is 0 Å². The normalized spacial score (nSPS) is 12.8. The second-order valence-electron chi connectivity index (χ2n) is 3.66. The molecule has 1 nitrogen and oxygen atoms in total. The molecule has 1 aromatic heterocycles. The van der Waals surface area contributed by atoms with Gasteiger partial charge in [0.25, 0.3) is 0 Å². The molecule has 0 radical (unpaired) electrons. The molecule has 0 amide bonds. The lowest BCUT2D eigenvalue weighted by atomic mass is 10.0. The summed E-state index contributed by atoms with van der Waals surface area (Å²) < 4.78 is 2.16. The maximum atomic E-state index is 6.24. The standard InChI is InChI=1S/C12H11Br2NS/c1-7-4-11(14)9(5-10(7)13)12(15)8-2-3-16-6-8/h2-6,12H,15H2,1H3. The van der Waals surface area contributed by atoms with Crippen LogP contribution in [0.2, 0.25) is 0 Å². The maximum Gasteiger partial charge on any atom is 0.0571 e. The molecule has 2 rings (SSSR count). The molecule has 1 unspecified atom stereocenters. The van der Waals surface area contributed by atoms with E-state index in [1.165, 1.54) is 5.56 Å². The van der Waals surface area contributed by atoms with Gasteiger partial charge >= 0.3 is 0 Å². The fourth-order valence-electron chi connectivity index (χ4n) is 1.53. The van der Waals surface area contributed by atoms with Crippen LogP contribution < -0.4 is 5.73 Å². The van der Waals surface area contributed by atoms with E-state index in [1.807, 2.05) is 5.38 Å². The second kappa shape index (κ2) is 5.00. The number of nitrogens with two attached hydrogens (primary N) is 1. The highest BCUT2D eigenvalue weighted by molar-refractivity contribution is 9.11. The number of benzene rings is 1. The Labute approximate surface area is 116 Å². The Balaban J connectivity index is 2.44. The lowest BCUT2D eigenvalue weighted by Gasteiger charge is -2.14. The molecule has 16 heavy (non-hydrogen) atoms. The maximum absolute atomic E-state index is 6.24. The van der Waals surface area contributed by atoms with Gasteiger partial charge in [0.1, 0.15) is 0 Å². The quantitative estimate of drug-likeness (QED) is 0.830. The lowest BCUT2D eigenvalue weighted by Crippen LogP contribution is -2.11. The number of thiophene rings is 1. The van der Waals surface area contributed by atoms with Gasteiger partial charge in [0.15, 0.2) is 0 Å². The molecular formula is C12H11Br2NS. The molecule has 0 fully saturated rings. The number of rotatable bonds is 2. The van der Waals surface area contributed by atoms with Crippen LogP contribution in [0.15, 0.2) is 37.9 Å². The molecule has 0 aliphatic heterocycles. The summed E-state index contributed by atoms with van der Waals surface area (Å²) in [6.07, 6.45) is 0. The van der Waals surface area contributed by atoms with Crippen LogP contribution in [0.1, 0.15) is 22.7 Å². The summed E-state index contributed by atoms with van der Waals surface area (Å²) >= 11 is 8.78. The van der Waals surface area contributed by atoms with E-state index in [-0.39, 0.29) is 6.04 Å². The van der Waals surface area contributed by atoms with Gasteiger partial charge in [0.05, 0.1) is 6.04 Å². The van der Waals surface area contributed by atoms with Gasteiger partial charge in [0.2, 0.25) is 0 Å². The first-order chi connectivity index (χ1) is 7.59. The summed E-state index contributed by atoms with van der Waals surface area (Å²) in [4.78, 5) is 0. The molecule has 84 valence electrons. The van der Waals surface area contributed by atoms with Gasteiger partial charge in [-0.3, -0.25) is 0 Å². The van der Waals surface area contributed by atoms with Crippen molar-refractivity contribution in [2.75, 3.05) is 0 Å². The van der Waals surface area contributed by atoms with Crippen LogP contribution in [0.5, 0.6) is 0 Å². The summed E-state index contributed by atoms with van der Waals surface area (Å²) in [6, 6.07) is 6.17. The highest BCUT2D eigenvalue weighted by Crippen LogP contribution is 2.32. The lowest BCUT2D eigenvalue weighted by molar-refractivity contribution is 0.869. The second-order valence-corrected chi connectivity index (χ2v) is 6.15. The van der Waals surface area contributed by atoms with Crippen molar-refractivity contribution in [2.24, 2.45) is 5.73 Å². The third-order valence-corrected chi connectivity index (χ3v) is 4.76. The molecule has 1 atom stereocenters. The molecule has 0 spiro atoms. The largest absolute Gasteiger partial charge is 0.320 e. The predicted molar refractivity (Wildman–Crippen MR) is 76.9 cm³/mol. The SMILES string of the molecule is Cc1cc(Br)c(C(N)c2ccsc2)cc1Br. The third kappa shape index (κ3) is 2.40. The third-order valence-electron chi connectivity index (χ3n) is 2.52. The number of halogens is 2. The molecule has 0 aliphatic rings. The van der Waals surface area contributed by atoms with E-state index >= 15 is 0 Å². The molecule has 0 aliphatic carbocycles. The van der Waals surface area contributed by atoms with Gasteiger partial charge in [-0.2, -0.15) is 11.3 Å². The molecule has 4 heteroatoms. The topological polar surface area (TPSA) is 26.0 Å². The van der Waals surface area contributed by atoms with Crippen molar-refractivity contribution in [1.29, 1.82) is 0 Å². The molecule has 1 heterocycles. The zero-order valence-electron chi connectivity index (χ0n) is 8.71. The summed E-state index contributed by atoms with van der Waals surface area (Å²) in [5.41, 5.74) is 9.70. The van der Waals surface area contributed by atoms with Crippen molar-refractivity contribution < 1.29 is 0 Å². The van der Waals surface area contributed by atoms with Gasteiger partial charge in [-0.25, -0.2) is 0 Å². The van der Waals surface area contributed by atoms with Crippen molar-refractivity contribution in [2.45, 2.75) is 13.0 Å². The molecule has 2 N–H and O–H groups in total. The van der Waals surface area contributed by atoms with Gasteiger partial charge in [0, 0.05) is 8.95 Å². The van der Waals surface area contributed by atoms with E-state index in [1.54, 1.807) is 11.3 Å². The molecule has 1 aromatic carbocycles. The van der Waals surface area contributed by atoms with Crippen LogP contribution in [0, 0.1) is 6.92 Å². The molecule has 0 saturated carbocycles. The van der Waals surface area contributed by atoms with Crippen molar-refractivity contribution in [3.8, 4) is 0 Å². The summed E-state index contributed by atoms with van der Waals surface area (Å²) in [7, 11) is 0. The predicted octanol–water partition coefficient (Wildman–Crippen LogP) is 4.63. The van der Waals surface area contributed by atoms with E-state index in [0.29, 0.717) is 0 Å². The van der Waals surface area contributed by atoms with Crippen molar-refractivity contribution in [1.82, 2.24) is 0 Å². The highest BCUT2D eigenvalue weighted by atomic mass is 79.9. The van der Waals surface area contributed by atoms with Crippen molar-refractivity contribution in [3.63, 3.8) is 0 Å². The van der Waals surface area contributed by atoms with E-state index in [2.05, 4.69) is 62.4 Å². The van der Waals surface area contributed by atoms with E-state index in [4.69, 9.17) is 5.73 Å². The van der Waals surface area contributed by atoms with E-state index < -0.39 is 0 Å². The summed E-state index contributed by atoms with van der Waals surface area (Å²) in [6.45, 7) is 2.06. The van der Waals surface area contributed by atoms with E-state index in [9.17, 15) is 0 Å².